The molecule has 1 atom stereocenters. The fourth-order valence-corrected chi connectivity index (χ4v) is 2.90. The molecule has 2 heterocycles. The van der Waals surface area contributed by atoms with Crippen LogP contribution in [0.3, 0.4) is 0 Å². The molecular weight excluding hydrogens is 288 g/mol. The number of aromatic nitrogens is 2. The number of nitrogens with one attached hydrogen (secondary N) is 1. The highest BCUT2D eigenvalue weighted by atomic mass is 16.1. The monoisotopic (exact) mass is 310 g/mol. The number of piperidine rings is 1. The van der Waals surface area contributed by atoms with E-state index in [1.165, 1.54) is 5.56 Å². The molecule has 3 rings (SSSR count). The molecule has 23 heavy (non-hydrogen) atoms. The molecule has 0 bridgehead atoms. The summed E-state index contributed by atoms with van der Waals surface area (Å²) in [4.78, 5) is 23.2. The van der Waals surface area contributed by atoms with Gasteiger partial charge in [0.15, 0.2) is 0 Å². The van der Waals surface area contributed by atoms with Crippen LogP contribution >= 0.6 is 0 Å². The Morgan fingerprint density at radius 1 is 1.26 bits per heavy atom. The molecule has 0 unspecified atom stereocenters. The Hall–Kier alpha value is -2.43. The van der Waals surface area contributed by atoms with E-state index < -0.39 is 0 Å². The Balaban J connectivity index is 1.62. The minimum Gasteiger partial charge on any atom is -0.340 e. The van der Waals surface area contributed by atoms with Gasteiger partial charge in [0.05, 0.1) is 5.92 Å². The Morgan fingerprint density at radius 2 is 2.00 bits per heavy atom. The van der Waals surface area contributed by atoms with Crippen molar-refractivity contribution in [1.29, 1.82) is 0 Å². The van der Waals surface area contributed by atoms with E-state index in [0.717, 1.165) is 31.5 Å². The predicted molar refractivity (Wildman–Crippen MR) is 91.4 cm³/mol. The van der Waals surface area contributed by atoms with Gasteiger partial charge in [-0.2, -0.15) is 0 Å². The van der Waals surface area contributed by atoms with Crippen LogP contribution in [0, 0.1) is 5.92 Å². The number of aryl methyl sites for hydroxylation is 1. The molecule has 1 fully saturated rings. The van der Waals surface area contributed by atoms with E-state index in [1.807, 2.05) is 12.1 Å². The molecule has 1 aromatic carbocycles. The molecule has 1 amide bonds. The summed E-state index contributed by atoms with van der Waals surface area (Å²) < 4.78 is 0. The number of hydrogen-bond donors (Lipinski definition) is 1. The summed E-state index contributed by atoms with van der Waals surface area (Å²) in [6.07, 6.45) is 6.36. The lowest BCUT2D eigenvalue weighted by Gasteiger charge is -2.31. The number of anilines is 2. The molecule has 0 aliphatic carbocycles. The highest BCUT2D eigenvalue weighted by Gasteiger charge is 2.27. The lowest BCUT2D eigenvalue weighted by molar-refractivity contribution is -0.120. The molecule has 0 spiro atoms. The van der Waals surface area contributed by atoms with Crippen molar-refractivity contribution in [2.24, 2.45) is 5.92 Å². The summed E-state index contributed by atoms with van der Waals surface area (Å²) in [5.74, 6) is 0.755. The van der Waals surface area contributed by atoms with Gasteiger partial charge < -0.3 is 10.2 Å². The first-order valence-electron chi connectivity index (χ1n) is 8.18. The minimum absolute atomic E-state index is 0.0293. The highest BCUT2D eigenvalue weighted by Crippen LogP contribution is 2.21. The highest BCUT2D eigenvalue weighted by molar-refractivity contribution is 5.93. The molecule has 2 aromatic rings. The number of amides is 1. The summed E-state index contributed by atoms with van der Waals surface area (Å²) in [5.41, 5.74) is 2.13. The van der Waals surface area contributed by atoms with E-state index in [2.05, 4.69) is 39.2 Å². The molecule has 1 aliphatic heterocycles. The first-order chi connectivity index (χ1) is 11.3. The summed E-state index contributed by atoms with van der Waals surface area (Å²) >= 11 is 0. The third-order valence-corrected chi connectivity index (χ3v) is 4.26. The van der Waals surface area contributed by atoms with Gasteiger partial charge in [0.2, 0.25) is 11.9 Å². The number of rotatable bonds is 4. The van der Waals surface area contributed by atoms with Gasteiger partial charge in [-0.05, 0) is 43.0 Å². The van der Waals surface area contributed by atoms with Crippen LogP contribution in [0.4, 0.5) is 11.6 Å². The fourth-order valence-electron chi connectivity index (χ4n) is 2.90. The smallest absolute Gasteiger partial charge is 0.229 e. The van der Waals surface area contributed by atoms with Gasteiger partial charge in [-0.1, -0.05) is 19.1 Å². The van der Waals surface area contributed by atoms with Gasteiger partial charge in [0, 0.05) is 31.2 Å². The predicted octanol–water partition coefficient (Wildman–Crippen LogP) is 2.89. The topological polar surface area (TPSA) is 58.1 Å². The molecule has 0 radical (unpaired) electrons. The van der Waals surface area contributed by atoms with Crippen molar-refractivity contribution >= 4 is 17.5 Å². The van der Waals surface area contributed by atoms with Crippen LogP contribution in [0.15, 0.2) is 42.7 Å². The quantitative estimate of drug-likeness (QED) is 0.943. The molecule has 1 saturated heterocycles. The van der Waals surface area contributed by atoms with Gasteiger partial charge in [-0.15, -0.1) is 0 Å². The van der Waals surface area contributed by atoms with E-state index in [4.69, 9.17) is 0 Å². The Morgan fingerprint density at radius 3 is 2.70 bits per heavy atom. The lowest BCUT2D eigenvalue weighted by Crippen LogP contribution is -2.41. The van der Waals surface area contributed by atoms with Crippen LogP contribution in [0.25, 0.3) is 0 Å². The second-order valence-corrected chi connectivity index (χ2v) is 5.87. The number of hydrogen-bond acceptors (Lipinski definition) is 4. The van der Waals surface area contributed by atoms with E-state index in [9.17, 15) is 4.79 Å². The van der Waals surface area contributed by atoms with Crippen LogP contribution in [0.2, 0.25) is 0 Å². The normalized spacial score (nSPS) is 17.8. The first-order valence-corrected chi connectivity index (χ1v) is 8.18. The second kappa shape index (κ2) is 7.22. The van der Waals surface area contributed by atoms with Crippen molar-refractivity contribution < 1.29 is 4.79 Å². The van der Waals surface area contributed by atoms with E-state index >= 15 is 0 Å². The summed E-state index contributed by atoms with van der Waals surface area (Å²) in [5, 5.41) is 3.03. The number of nitrogens with zero attached hydrogens (tertiary/aromatic N) is 3. The number of benzene rings is 1. The van der Waals surface area contributed by atoms with Crippen molar-refractivity contribution in [1.82, 2.24) is 9.97 Å². The third kappa shape index (κ3) is 3.86. The standard InChI is InChI=1S/C18H22N4O/c1-2-14-6-8-16(9-7-14)21-17(23)15-5-3-12-22(13-15)18-19-10-4-11-20-18/h4,6-11,15H,2-3,5,12-13H2,1H3,(H,21,23)/t15-/m0/s1. The van der Waals surface area contributed by atoms with Gasteiger partial charge in [-0.25, -0.2) is 9.97 Å². The average Bonchev–Trinajstić information content (AvgIpc) is 2.63. The fraction of sp³-hybridized carbons (Fsp3) is 0.389. The van der Waals surface area contributed by atoms with E-state index in [-0.39, 0.29) is 11.8 Å². The van der Waals surface area contributed by atoms with Crippen LogP contribution in [0.5, 0.6) is 0 Å². The van der Waals surface area contributed by atoms with Gasteiger partial charge in [-0.3, -0.25) is 4.79 Å². The minimum atomic E-state index is -0.0293. The van der Waals surface area contributed by atoms with Crippen LogP contribution in [-0.4, -0.2) is 29.0 Å². The average molecular weight is 310 g/mol. The van der Waals surface area contributed by atoms with Gasteiger partial charge >= 0.3 is 0 Å². The molecular formula is C18H22N4O. The molecule has 1 N–H and O–H groups in total. The molecule has 5 nitrogen and oxygen atoms in total. The SMILES string of the molecule is CCc1ccc(NC(=O)[C@H]2CCCN(c3ncccn3)C2)cc1. The van der Waals surface area contributed by atoms with Crippen molar-refractivity contribution in [3.63, 3.8) is 0 Å². The zero-order valence-corrected chi connectivity index (χ0v) is 13.4. The Labute approximate surface area is 136 Å². The number of carbonyl (C=O) groups is 1. The summed E-state index contributed by atoms with van der Waals surface area (Å²) in [6, 6.07) is 9.86. The molecule has 5 heteroatoms. The molecule has 1 aliphatic rings. The van der Waals surface area contributed by atoms with Gasteiger partial charge in [0.25, 0.3) is 0 Å². The maximum absolute atomic E-state index is 12.5. The maximum Gasteiger partial charge on any atom is 0.229 e. The zero-order valence-electron chi connectivity index (χ0n) is 13.4. The van der Waals surface area contributed by atoms with Crippen LogP contribution < -0.4 is 10.2 Å². The van der Waals surface area contributed by atoms with Crippen LogP contribution in [-0.2, 0) is 11.2 Å². The van der Waals surface area contributed by atoms with Crippen molar-refractivity contribution in [3.8, 4) is 0 Å². The second-order valence-electron chi connectivity index (χ2n) is 5.87. The zero-order chi connectivity index (χ0) is 16.1. The first kappa shape index (κ1) is 15.5. The van der Waals surface area contributed by atoms with Gasteiger partial charge in [0.1, 0.15) is 0 Å². The molecule has 1 aromatic heterocycles. The van der Waals surface area contributed by atoms with Crippen LogP contribution in [0.1, 0.15) is 25.3 Å². The van der Waals surface area contributed by atoms with E-state index in [1.54, 1.807) is 18.5 Å². The van der Waals surface area contributed by atoms with Crippen molar-refractivity contribution in [2.45, 2.75) is 26.2 Å². The maximum atomic E-state index is 12.5. The molecule has 0 saturated carbocycles. The Kier molecular flexibility index (Phi) is 4.86. The number of carbonyl (C=O) groups excluding carboxylic acids is 1. The largest absolute Gasteiger partial charge is 0.340 e. The van der Waals surface area contributed by atoms with Crippen molar-refractivity contribution in [3.05, 3.63) is 48.3 Å². The third-order valence-electron chi connectivity index (χ3n) is 4.26. The Bertz CT molecular complexity index is 642. The van der Waals surface area contributed by atoms with E-state index in [0.29, 0.717) is 12.5 Å². The van der Waals surface area contributed by atoms with Crippen molar-refractivity contribution in [2.75, 3.05) is 23.3 Å². The molecule has 120 valence electrons. The summed E-state index contributed by atoms with van der Waals surface area (Å²) in [6.45, 7) is 3.69. The lowest BCUT2D eigenvalue weighted by atomic mass is 9.97. The summed E-state index contributed by atoms with van der Waals surface area (Å²) in [7, 11) is 0.